The first kappa shape index (κ1) is 18.4. The highest BCUT2D eigenvalue weighted by atomic mass is 79.9. The van der Waals surface area contributed by atoms with E-state index in [1.54, 1.807) is 6.08 Å². The van der Waals surface area contributed by atoms with Gasteiger partial charge in [0.05, 0.1) is 0 Å². The quantitative estimate of drug-likeness (QED) is 0.498. The van der Waals surface area contributed by atoms with Crippen LogP contribution < -0.4 is 0 Å². The van der Waals surface area contributed by atoms with Gasteiger partial charge in [0.25, 0.3) is 0 Å². The van der Waals surface area contributed by atoms with E-state index in [4.69, 9.17) is 4.74 Å². The van der Waals surface area contributed by atoms with Gasteiger partial charge >= 0.3 is 5.97 Å². The molecule has 0 heterocycles. The zero-order chi connectivity index (χ0) is 18.7. The molecule has 0 spiro atoms. The number of Topliss-reactive ketones (excluding diaryl/α,β-unsaturated/α-hetero) is 1. The van der Waals surface area contributed by atoms with Crippen molar-refractivity contribution in [3.63, 3.8) is 0 Å². The van der Waals surface area contributed by atoms with Gasteiger partial charge in [-0.1, -0.05) is 29.8 Å². The van der Waals surface area contributed by atoms with Crippen molar-refractivity contribution in [2.45, 2.75) is 64.9 Å². The third-order valence-corrected chi connectivity index (χ3v) is 8.50. The monoisotopic (exact) mass is 422 g/mol. The fraction of sp³-hybridized carbons (Fsp3) is 0.762. The average Bonchev–Trinajstić information content (AvgIpc) is 2.91. The van der Waals surface area contributed by atoms with E-state index in [9.17, 15) is 14.4 Å². The van der Waals surface area contributed by atoms with E-state index < -0.39 is 0 Å². The summed E-state index contributed by atoms with van der Waals surface area (Å²) >= 11 is 3.18. The molecule has 0 aliphatic heterocycles. The molecule has 0 aromatic carbocycles. The van der Waals surface area contributed by atoms with Crippen molar-refractivity contribution in [2.75, 3.05) is 5.33 Å². The Kier molecular flexibility index (Phi) is 4.45. The molecule has 5 heteroatoms. The number of halogens is 1. The van der Waals surface area contributed by atoms with Gasteiger partial charge in [-0.2, -0.15) is 0 Å². The molecule has 4 nitrogen and oxygen atoms in total. The molecule has 4 aliphatic rings. The van der Waals surface area contributed by atoms with Crippen LogP contribution in [0.15, 0.2) is 11.6 Å². The molecule has 4 aliphatic carbocycles. The third kappa shape index (κ3) is 2.56. The minimum atomic E-state index is -0.325. The van der Waals surface area contributed by atoms with Gasteiger partial charge in [-0.05, 0) is 66.9 Å². The Morgan fingerprint density at radius 1 is 1.15 bits per heavy atom. The molecule has 4 rings (SSSR count). The number of fused-ring (bicyclic) bond motifs is 5. The van der Waals surface area contributed by atoms with Gasteiger partial charge in [-0.3, -0.25) is 14.4 Å². The number of ether oxygens (including phenoxy) is 1. The Morgan fingerprint density at radius 2 is 1.88 bits per heavy atom. The maximum absolute atomic E-state index is 12.6. The molecular weight excluding hydrogens is 396 g/mol. The van der Waals surface area contributed by atoms with Crippen molar-refractivity contribution in [2.24, 2.45) is 28.6 Å². The second-order valence-corrected chi connectivity index (χ2v) is 9.69. The lowest BCUT2D eigenvalue weighted by Gasteiger charge is -2.58. The Balaban J connectivity index is 1.73. The Labute approximate surface area is 163 Å². The Bertz CT molecular complexity index is 698. The van der Waals surface area contributed by atoms with E-state index in [1.165, 1.54) is 0 Å². The van der Waals surface area contributed by atoms with E-state index >= 15 is 0 Å². The fourth-order valence-corrected chi connectivity index (χ4v) is 6.78. The van der Waals surface area contributed by atoms with Crippen LogP contribution in [-0.4, -0.2) is 29.0 Å². The maximum atomic E-state index is 12.6. The first-order valence-electron chi connectivity index (χ1n) is 9.83. The number of carbonyl (C=O) groups excluding carboxylic acids is 3. The predicted octanol–water partition coefficient (Wildman–Crippen LogP) is 4.00. The van der Waals surface area contributed by atoms with Crippen molar-refractivity contribution in [1.29, 1.82) is 0 Å². The van der Waals surface area contributed by atoms with E-state index in [1.807, 2.05) is 0 Å². The van der Waals surface area contributed by atoms with E-state index in [2.05, 4.69) is 29.8 Å². The number of hydrogen-bond donors (Lipinski definition) is 0. The second kappa shape index (κ2) is 6.29. The summed E-state index contributed by atoms with van der Waals surface area (Å²) in [5.74, 6) is 1.53. The third-order valence-electron chi connectivity index (χ3n) is 8.05. The van der Waals surface area contributed by atoms with Crippen molar-refractivity contribution >= 4 is 33.5 Å². The van der Waals surface area contributed by atoms with Gasteiger partial charge in [-0.25, -0.2) is 0 Å². The zero-order valence-electron chi connectivity index (χ0n) is 15.6. The molecule has 0 amide bonds. The number of esters is 1. The van der Waals surface area contributed by atoms with Crippen LogP contribution in [-0.2, 0) is 19.1 Å². The SMILES string of the molecule is C[C@]12CCC(=O)C=C1[C@H](OC(=O)CBr)C[C@@H]1[C@@H]2CC[C@]2(C)C(=O)CC[C@@H]12. The lowest BCUT2D eigenvalue weighted by atomic mass is 9.47. The van der Waals surface area contributed by atoms with Crippen LogP contribution in [0.3, 0.4) is 0 Å². The van der Waals surface area contributed by atoms with E-state index in [0.29, 0.717) is 36.4 Å². The highest BCUT2D eigenvalue weighted by Crippen LogP contribution is 2.64. The lowest BCUT2D eigenvalue weighted by molar-refractivity contribution is -0.153. The van der Waals surface area contributed by atoms with E-state index in [0.717, 1.165) is 37.7 Å². The molecule has 3 saturated carbocycles. The first-order valence-corrected chi connectivity index (χ1v) is 11.0. The van der Waals surface area contributed by atoms with Crippen LogP contribution in [0.5, 0.6) is 0 Å². The molecule has 0 bridgehead atoms. The van der Waals surface area contributed by atoms with Gasteiger partial charge in [0.15, 0.2) is 5.78 Å². The molecule has 6 atom stereocenters. The summed E-state index contributed by atoms with van der Waals surface area (Å²) in [7, 11) is 0. The smallest absolute Gasteiger partial charge is 0.317 e. The van der Waals surface area contributed by atoms with Crippen molar-refractivity contribution in [1.82, 2.24) is 0 Å². The molecule has 0 aromatic heterocycles. The van der Waals surface area contributed by atoms with Crippen LogP contribution >= 0.6 is 15.9 Å². The molecule has 0 N–H and O–H groups in total. The van der Waals surface area contributed by atoms with Gasteiger partial charge in [0, 0.05) is 18.3 Å². The summed E-state index contributed by atoms with van der Waals surface area (Å²) in [6.07, 6.45) is 7.24. The number of carbonyl (C=O) groups is 3. The van der Waals surface area contributed by atoms with Gasteiger partial charge in [0.2, 0.25) is 0 Å². The van der Waals surface area contributed by atoms with Crippen LogP contribution in [0.1, 0.15) is 58.8 Å². The molecule has 0 aromatic rings. The minimum absolute atomic E-state index is 0.0962. The normalized spacial score (nSPS) is 44.7. The molecule has 0 unspecified atom stereocenters. The van der Waals surface area contributed by atoms with Crippen LogP contribution in [0.4, 0.5) is 0 Å². The van der Waals surface area contributed by atoms with Gasteiger partial charge in [0.1, 0.15) is 17.2 Å². The maximum Gasteiger partial charge on any atom is 0.317 e. The van der Waals surface area contributed by atoms with Crippen LogP contribution in [0, 0.1) is 28.6 Å². The van der Waals surface area contributed by atoms with Crippen LogP contribution in [0.2, 0.25) is 0 Å². The molecule has 3 fully saturated rings. The van der Waals surface area contributed by atoms with Crippen molar-refractivity contribution < 1.29 is 19.1 Å². The summed E-state index contributed by atoms with van der Waals surface area (Å²) < 4.78 is 5.79. The first-order chi connectivity index (χ1) is 12.3. The van der Waals surface area contributed by atoms with Gasteiger partial charge in [-0.15, -0.1) is 0 Å². The summed E-state index contributed by atoms with van der Waals surface area (Å²) in [5, 5.41) is 0.162. The summed E-state index contributed by atoms with van der Waals surface area (Å²) in [5.41, 5.74) is 0.728. The van der Waals surface area contributed by atoms with Gasteiger partial charge < -0.3 is 4.74 Å². The lowest BCUT2D eigenvalue weighted by Crippen LogP contribution is -2.54. The molecule has 0 radical (unpaired) electrons. The number of hydrogen-bond acceptors (Lipinski definition) is 4. The Morgan fingerprint density at radius 3 is 2.62 bits per heavy atom. The fourth-order valence-electron chi connectivity index (χ4n) is 6.65. The summed E-state index contributed by atoms with van der Waals surface area (Å²) in [6.45, 7) is 4.41. The summed E-state index contributed by atoms with van der Waals surface area (Å²) in [6, 6.07) is 0. The van der Waals surface area contributed by atoms with Crippen molar-refractivity contribution in [3.05, 3.63) is 11.6 Å². The number of rotatable bonds is 2. The predicted molar refractivity (Wildman–Crippen MR) is 101 cm³/mol. The zero-order valence-corrected chi connectivity index (χ0v) is 17.1. The highest BCUT2D eigenvalue weighted by molar-refractivity contribution is 9.09. The van der Waals surface area contributed by atoms with Crippen LogP contribution in [0.25, 0.3) is 0 Å². The molecule has 0 saturated heterocycles. The van der Waals surface area contributed by atoms with Crippen molar-refractivity contribution in [3.8, 4) is 0 Å². The standard InChI is InChI=1S/C21H27BrO4/c1-20-7-5-12(23)9-16(20)17(26-19(25)11-22)10-13-14-3-4-18(24)21(14,2)8-6-15(13)20/h9,13-15,17H,3-8,10-11H2,1-2H3/t13-,14-,15-,17+,20+,21-/m0/s1. The number of ketones is 2. The summed E-state index contributed by atoms with van der Waals surface area (Å²) in [4.78, 5) is 36.7. The highest BCUT2D eigenvalue weighted by Gasteiger charge is 2.61. The Hall–Kier alpha value is -0.970. The largest absolute Gasteiger partial charge is 0.457 e. The van der Waals surface area contributed by atoms with E-state index in [-0.39, 0.29) is 34.0 Å². The topological polar surface area (TPSA) is 60.4 Å². The molecule has 26 heavy (non-hydrogen) atoms. The number of alkyl halides is 1. The molecule has 142 valence electrons. The average molecular weight is 423 g/mol. The second-order valence-electron chi connectivity index (χ2n) is 9.13. The minimum Gasteiger partial charge on any atom is -0.457 e. The molecular formula is C21H27BrO4.